The molecule has 0 aliphatic heterocycles. The highest BCUT2D eigenvalue weighted by atomic mass is 16.6. The molecule has 1 aliphatic carbocycles. The van der Waals surface area contributed by atoms with E-state index in [9.17, 15) is 14.8 Å². The summed E-state index contributed by atoms with van der Waals surface area (Å²) < 4.78 is 5.74. The lowest BCUT2D eigenvalue weighted by atomic mass is 10.1. The van der Waals surface area contributed by atoms with Crippen molar-refractivity contribution in [2.24, 2.45) is 0 Å². The number of esters is 1. The van der Waals surface area contributed by atoms with E-state index in [1.54, 1.807) is 30.3 Å². The SMILES string of the molecule is O=C(O[C@H](C(=O)NC1CC1)c1ccccc1)c1cccc[n+]1[O-]. The Morgan fingerprint density at radius 2 is 1.83 bits per heavy atom. The molecular formula is C17H16N2O4. The maximum atomic E-state index is 12.4. The van der Waals surface area contributed by atoms with Crippen molar-refractivity contribution >= 4 is 11.9 Å². The second-order valence-corrected chi connectivity index (χ2v) is 5.39. The zero-order chi connectivity index (χ0) is 16.2. The van der Waals surface area contributed by atoms with Crippen LogP contribution in [0, 0.1) is 5.21 Å². The molecule has 0 radical (unpaired) electrons. The number of carbonyl (C=O) groups is 2. The van der Waals surface area contributed by atoms with Crippen molar-refractivity contribution < 1.29 is 19.1 Å². The molecule has 1 aromatic heterocycles. The van der Waals surface area contributed by atoms with Gasteiger partial charge >= 0.3 is 11.7 Å². The zero-order valence-corrected chi connectivity index (χ0v) is 12.3. The number of nitrogens with zero attached hydrogens (tertiary/aromatic N) is 1. The first-order chi connectivity index (χ1) is 11.1. The van der Waals surface area contributed by atoms with E-state index in [4.69, 9.17) is 4.74 Å². The number of hydrogen-bond acceptors (Lipinski definition) is 4. The molecule has 3 rings (SSSR count). The number of pyridine rings is 1. The smallest absolute Gasteiger partial charge is 0.406 e. The van der Waals surface area contributed by atoms with Crippen molar-refractivity contribution in [3.8, 4) is 0 Å². The van der Waals surface area contributed by atoms with Gasteiger partial charge in [-0.2, -0.15) is 4.73 Å². The lowest BCUT2D eigenvalue weighted by molar-refractivity contribution is -0.608. The van der Waals surface area contributed by atoms with Crippen LogP contribution in [0.5, 0.6) is 0 Å². The minimum atomic E-state index is -1.08. The van der Waals surface area contributed by atoms with Crippen molar-refractivity contribution in [3.05, 3.63) is 71.2 Å². The van der Waals surface area contributed by atoms with Crippen LogP contribution in [-0.4, -0.2) is 17.9 Å². The third kappa shape index (κ3) is 3.66. The zero-order valence-electron chi connectivity index (χ0n) is 12.3. The van der Waals surface area contributed by atoms with Gasteiger partial charge in [-0.15, -0.1) is 0 Å². The Bertz CT molecular complexity index is 714. The molecule has 1 atom stereocenters. The number of carbonyl (C=O) groups excluding carboxylic acids is 2. The highest BCUT2D eigenvalue weighted by Gasteiger charge is 2.32. The van der Waals surface area contributed by atoms with Crippen LogP contribution in [-0.2, 0) is 9.53 Å². The van der Waals surface area contributed by atoms with Crippen LogP contribution < -0.4 is 10.0 Å². The maximum Gasteiger partial charge on any atom is 0.406 e. The van der Waals surface area contributed by atoms with Gasteiger partial charge in [0, 0.05) is 23.7 Å². The number of nitrogens with one attached hydrogen (secondary N) is 1. The molecule has 0 spiro atoms. The second-order valence-electron chi connectivity index (χ2n) is 5.39. The molecule has 0 unspecified atom stereocenters. The molecule has 2 aromatic rings. The van der Waals surface area contributed by atoms with Gasteiger partial charge in [-0.3, -0.25) is 4.79 Å². The molecule has 23 heavy (non-hydrogen) atoms. The lowest BCUT2D eigenvalue weighted by Gasteiger charge is -2.17. The number of rotatable bonds is 5. The molecule has 1 fully saturated rings. The summed E-state index contributed by atoms with van der Waals surface area (Å²) in [5.41, 5.74) is 0.403. The molecule has 118 valence electrons. The average Bonchev–Trinajstić information content (AvgIpc) is 3.37. The first kappa shape index (κ1) is 15.0. The minimum Gasteiger partial charge on any atom is -0.618 e. The molecule has 1 aliphatic rings. The normalized spacial score (nSPS) is 14.8. The van der Waals surface area contributed by atoms with Gasteiger partial charge in [0.15, 0.2) is 6.20 Å². The summed E-state index contributed by atoms with van der Waals surface area (Å²) >= 11 is 0. The average molecular weight is 312 g/mol. The molecule has 1 saturated carbocycles. The Morgan fingerprint density at radius 3 is 2.48 bits per heavy atom. The van der Waals surface area contributed by atoms with E-state index in [-0.39, 0.29) is 17.6 Å². The third-order valence-electron chi connectivity index (χ3n) is 3.52. The first-order valence-electron chi connectivity index (χ1n) is 7.39. The molecule has 1 N–H and O–H groups in total. The Labute approximate surface area is 133 Å². The van der Waals surface area contributed by atoms with Crippen LogP contribution >= 0.6 is 0 Å². The van der Waals surface area contributed by atoms with Gasteiger partial charge in [-0.25, -0.2) is 4.79 Å². The minimum absolute atomic E-state index is 0.147. The quantitative estimate of drug-likeness (QED) is 0.515. The van der Waals surface area contributed by atoms with Gasteiger partial charge in [0.05, 0.1) is 0 Å². The van der Waals surface area contributed by atoms with E-state index >= 15 is 0 Å². The molecule has 0 bridgehead atoms. The van der Waals surface area contributed by atoms with Crippen LogP contribution in [0.4, 0.5) is 0 Å². The van der Waals surface area contributed by atoms with Crippen LogP contribution in [0.2, 0.25) is 0 Å². The molecule has 1 aromatic carbocycles. The predicted octanol–water partition coefficient (Wildman–Crippen LogP) is 1.50. The third-order valence-corrected chi connectivity index (χ3v) is 3.52. The van der Waals surface area contributed by atoms with E-state index in [0.29, 0.717) is 10.3 Å². The summed E-state index contributed by atoms with van der Waals surface area (Å²) in [7, 11) is 0. The Morgan fingerprint density at radius 1 is 1.13 bits per heavy atom. The molecule has 1 amide bonds. The summed E-state index contributed by atoms with van der Waals surface area (Å²) in [4.78, 5) is 24.6. The van der Waals surface area contributed by atoms with Crippen LogP contribution in [0.1, 0.15) is 35.0 Å². The van der Waals surface area contributed by atoms with E-state index in [1.165, 1.54) is 18.3 Å². The molecule has 6 nitrogen and oxygen atoms in total. The van der Waals surface area contributed by atoms with Gasteiger partial charge in [-0.1, -0.05) is 30.3 Å². The highest BCUT2D eigenvalue weighted by Crippen LogP contribution is 2.23. The Balaban J connectivity index is 1.82. The fraction of sp³-hybridized carbons (Fsp3) is 0.235. The fourth-order valence-corrected chi connectivity index (χ4v) is 2.16. The summed E-state index contributed by atoms with van der Waals surface area (Å²) in [6.07, 6.45) is 1.99. The van der Waals surface area contributed by atoms with Crippen LogP contribution in [0.3, 0.4) is 0 Å². The van der Waals surface area contributed by atoms with Crippen LogP contribution in [0.15, 0.2) is 54.7 Å². The number of amides is 1. The summed E-state index contributed by atoms with van der Waals surface area (Å²) in [5.74, 6) is -1.21. The van der Waals surface area contributed by atoms with E-state index in [2.05, 4.69) is 5.32 Å². The van der Waals surface area contributed by atoms with Crippen molar-refractivity contribution in [1.82, 2.24) is 5.32 Å². The summed E-state index contributed by atoms with van der Waals surface area (Å²) in [6.45, 7) is 0. The standard InChI is InChI=1S/C17H16N2O4/c20-16(18-13-9-10-13)15(12-6-2-1-3-7-12)23-17(21)14-8-4-5-11-19(14)22/h1-8,11,13,15H,9-10H2,(H,18,20)/t15-/m0/s1. The van der Waals surface area contributed by atoms with Gasteiger partial charge in [-0.05, 0) is 18.9 Å². The summed E-state index contributed by atoms with van der Waals surface area (Å²) in [6, 6.07) is 13.3. The van der Waals surface area contributed by atoms with E-state index in [0.717, 1.165) is 12.8 Å². The number of benzene rings is 1. The Hall–Kier alpha value is -2.89. The predicted molar refractivity (Wildman–Crippen MR) is 81.2 cm³/mol. The van der Waals surface area contributed by atoms with Crippen molar-refractivity contribution in [3.63, 3.8) is 0 Å². The fourth-order valence-electron chi connectivity index (χ4n) is 2.16. The first-order valence-corrected chi connectivity index (χ1v) is 7.39. The van der Waals surface area contributed by atoms with E-state index in [1.807, 2.05) is 6.07 Å². The topological polar surface area (TPSA) is 82.3 Å². The molecule has 1 heterocycles. The summed E-state index contributed by atoms with van der Waals surface area (Å²) in [5, 5.41) is 14.5. The molecule has 6 heteroatoms. The van der Waals surface area contributed by atoms with Gasteiger partial charge in [0.25, 0.3) is 5.91 Å². The maximum absolute atomic E-state index is 12.4. The van der Waals surface area contributed by atoms with Crippen molar-refractivity contribution in [1.29, 1.82) is 0 Å². The van der Waals surface area contributed by atoms with Gasteiger partial charge in [0.1, 0.15) is 0 Å². The largest absolute Gasteiger partial charge is 0.618 e. The van der Waals surface area contributed by atoms with Crippen molar-refractivity contribution in [2.75, 3.05) is 0 Å². The number of hydrogen-bond donors (Lipinski definition) is 1. The lowest BCUT2D eigenvalue weighted by Crippen LogP contribution is -2.38. The van der Waals surface area contributed by atoms with Crippen molar-refractivity contribution in [2.45, 2.75) is 25.0 Å². The number of ether oxygens (including phenoxy) is 1. The second kappa shape index (κ2) is 6.48. The monoisotopic (exact) mass is 312 g/mol. The number of aromatic nitrogens is 1. The Kier molecular flexibility index (Phi) is 4.23. The molecule has 0 saturated heterocycles. The highest BCUT2D eigenvalue weighted by molar-refractivity contribution is 5.90. The van der Waals surface area contributed by atoms with Gasteiger partial charge in [0.2, 0.25) is 6.10 Å². The van der Waals surface area contributed by atoms with Crippen LogP contribution in [0.25, 0.3) is 0 Å². The van der Waals surface area contributed by atoms with Gasteiger partial charge < -0.3 is 15.3 Å². The molecular weight excluding hydrogens is 296 g/mol. The van der Waals surface area contributed by atoms with E-state index < -0.39 is 12.1 Å².